The lowest BCUT2D eigenvalue weighted by Gasteiger charge is -2.46. The van der Waals surface area contributed by atoms with Crippen LogP contribution in [0.15, 0.2) is 191 Å². The lowest BCUT2D eigenvalue weighted by atomic mass is 9.33. The van der Waals surface area contributed by atoms with E-state index in [2.05, 4.69) is 213 Å². The van der Waals surface area contributed by atoms with Crippen LogP contribution in [0.25, 0.3) is 87.0 Å². The minimum absolute atomic E-state index is 0.0812. The molecular formula is C61H39BN2O2. The summed E-state index contributed by atoms with van der Waals surface area (Å²) in [4.78, 5) is 5.06. The first kappa shape index (κ1) is 36.1. The van der Waals surface area contributed by atoms with Gasteiger partial charge in [0.05, 0.1) is 28.4 Å². The fourth-order valence-electron chi connectivity index (χ4n) is 12.0. The van der Waals surface area contributed by atoms with Gasteiger partial charge in [0.2, 0.25) is 6.71 Å². The largest absolute Gasteiger partial charge is 0.456 e. The van der Waals surface area contributed by atoms with Gasteiger partial charge in [-0.1, -0.05) is 137 Å². The summed E-state index contributed by atoms with van der Waals surface area (Å²) in [7, 11) is 0. The first-order valence-electron chi connectivity index (χ1n) is 22.9. The summed E-state index contributed by atoms with van der Waals surface area (Å²) >= 11 is 0. The molecule has 13 aromatic rings. The smallest absolute Gasteiger partial charge is 0.248 e. The molecule has 4 heterocycles. The number of hydrogen-bond donors (Lipinski definition) is 0. The number of rotatable bonds is 2. The molecular weight excluding hydrogens is 803 g/mol. The average molecular weight is 843 g/mol. The van der Waals surface area contributed by atoms with Crippen LogP contribution >= 0.6 is 0 Å². The zero-order chi connectivity index (χ0) is 43.5. The Hall–Kier alpha value is -8.28. The van der Waals surface area contributed by atoms with Gasteiger partial charge in [-0.2, -0.15) is 0 Å². The van der Waals surface area contributed by atoms with Crippen LogP contribution in [0.3, 0.4) is 0 Å². The van der Waals surface area contributed by atoms with Crippen molar-refractivity contribution in [2.75, 3.05) is 9.80 Å². The van der Waals surface area contributed by atoms with E-state index < -0.39 is 0 Å². The van der Waals surface area contributed by atoms with E-state index in [0.717, 1.165) is 72.3 Å². The first-order valence-corrected chi connectivity index (χ1v) is 22.9. The Balaban J connectivity index is 1.08. The maximum absolute atomic E-state index is 6.92. The second-order valence-corrected chi connectivity index (χ2v) is 18.7. The molecule has 15 rings (SSSR count). The van der Waals surface area contributed by atoms with Gasteiger partial charge in [-0.15, -0.1) is 0 Å². The van der Waals surface area contributed by atoms with Gasteiger partial charge in [0.25, 0.3) is 0 Å². The van der Waals surface area contributed by atoms with Crippen LogP contribution in [0.5, 0.6) is 0 Å². The van der Waals surface area contributed by atoms with E-state index in [-0.39, 0.29) is 6.71 Å². The van der Waals surface area contributed by atoms with Crippen molar-refractivity contribution >= 4 is 144 Å². The Bertz CT molecular complexity index is 4290. The van der Waals surface area contributed by atoms with Crippen molar-refractivity contribution in [2.45, 2.75) is 20.8 Å². The van der Waals surface area contributed by atoms with Gasteiger partial charge in [-0.05, 0) is 129 Å². The predicted molar refractivity (Wildman–Crippen MR) is 279 cm³/mol. The highest BCUT2D eigenvalue weighted by molar-refractivity contribution is 7.00. The highest BCUT2D eigenvalue weighted by Crippen LogP contribution is 2.57. The molecule has 0 fully saturated rings. The molecule has 308 valence electrons. The minimum atomic E-state index is -0.0812. The van der Waals surface area contributed by atoms with Crippen LogP contribution in [0.4, 0.5) is 34.1 Å². The fraction of sp³-hybridized carbons (Fsp3) is 0.0492. The Morgan fingerprint density at radius 3 is 1.47 bits per heavy atom. The lowest BCUT2D eigenvalue weighted by Crippen LogP contribution is -2.59. The van der Waals surface area contributed by atoms with Gasteiger partial charge in [0.1, 0.15) is 22.3 Å². The van der Waals surface area contributed by atoms with E-state index in [0.29, 0.717) is 0 Å². The van der Waals surface area contributed by atoms with E-state index in [9.17, 15) is 0 Å². The number of furan rings is 2. The van der Waals surface area contributed by atoms with Crippen LogP contribution in [0.2, 0.25) is 0 Å². The third kappa shape index (κ3) is 4.89. The summed E-state index contributed by atoms with van der Waals surface area (Å²) in [6, 6.07) is 67.3. The van der Waals surface area contributed by atoms with Gasteiger partial charge >= 0.3 is 0 Å². The highest BCUT2D eigenvalue weighted by atomic mass is 16.3. The van der Waals surface area contributed by atoms with Crippen molar-refractivity contribution in [3.63, 3.8) is 0 Å². The quantitative estimate of drug-likeness (QED) is 0.162. The normalized spacial score (nSPS) is 13.3. The zero-order valence-electron chi connectivity index (χ0n) is 36.6. The molecule has 11 aromatic carbocycles. The van der Waals surface area contributed by atoms with Crippen molar-refractivity contribution in [3.05, 3.63) is 199 Å². The van der Waals surface area contributed by atoms with Crippen molar-refractivity contribution in [3.8, 4) is 0 Å². The van der Waals surface area contributed by atoms with Crippen LogP contribution < -0.4 is 26.2 Å². The average Bonchev–Trinajstić information content (AvgIpc) is 3.87. The lowest BCUT2D eigenvalue weighted by molar-refractivity contribution is 0.669. The van der Waals surface area contributed by atoms with E-state index in [1.54, 1.807) is 0 Å². The van der Waals surface area contributed by atoms with E-state index in [4.69, 9.17) is 8.83 Å². The molecule has 0 amide bonds. The van der Waals surface area contributed by atoms with Crippen molar-refractivity contribution in [2.24, 2.45) is 0 Å². The molecule has 2 aromatic heterocycles. The van der Waals surface area contributed by atoms with Gasteiger partial charge in [-0.3, -0.25) is 0 Å². The van der Waals surface area contributed by atoms with Gasteiger partial charge in [0, 0.05) is 39.4 Å². The Kier molecular flexibility index (Phi) is 7.07. The number of fused-ring (bicyclic) bond motifs is 15. The Morgan fingerprint density at radius 2 is 0.833 bits per heavy atom. The molecule has 2 aliphatic rings. The SMILES string of the molecule is Cc1cc(C)c(B2c3cc4c(cc3N3c5cc6ccccc6cc5N(c5ccc6c(c5)oc5cc7ccccc7cc56)c5cc6ccccc6c2c53)oc2cc3ccccc3cc24)c(C)c1. The number of hydrogen-bond acceptors (Lipinski definition) is 4. The van der Waals surface area contributed by atoms with Crippen LogP contribution in [0.1, 0.15) is 16.7 Å². The molecule has 0 saturated heterocycles. The van der Waals surface area contributed by atoms with Crippen molar-refractivity contribution < 1.29 is 8.83 Å². The fourth-order valence-corrected chi connectivity index (χ4v) is 12.0. The molecule has 2 aliphatic heterocycles. The standard InChI is InChI=1S/C61H39BN2O2/c1-34-22-35(2)59(36(3)23-34)62-50-32-49-48-25-38-13-5-9-17-42(38)30-56(48)66-58(49)33-51(50)64-53-27-40-15-7-6-14-39(40)26-52(53)63(54-28-43-18-10-11-19-45(43)60(62)61(54)64)44-20-21-46-47-24-37-12-4-8-16-41(37)29-55(47)65-57(46)31-44/h4-33H,1-3H3. The van der Waals surface area contributed by atoms with Crippen molar-refractivity contribution in [1.29, 1.82) is 0 Å². The molecule has 0 radical (unpaired) electrons. The first-order chi connectivity index (χ1) is 32.4. The Labute approximate surface area is 380 Å². The number of benzene rings is 11. The summed E-state index contributed by atoms with van der Waals surface area (Å²) in [5, 5.41) is 14.1. The van der Waals surface area contributed by atoms with Gasteiger partial charge < -0.3 is 18.6 Å². The molecule has 5 heteroatoms. The van der Waals surface area contributed by atoms with Crippen LogP contribution in [-0.4, -0.2) is 6.71 Å². The number of anilines is 6. The highest BCUT2D eigenvalue weighted by Gasteiger charge is 2.44. The summed E-state index contributed by atoms with van der Waals surface area (Å²) in [5.74, 6) is 0. The molecule has 0 aliphatic carbocycles. The molecule has 0 spiro atoms. The predicted octanol–water partition coefficient (Wildman–Crippen LogP) is 15.1. The van der Waals surface area contributed by atoms with Gasteiger partial charge in [0.15, 0.2) is 0 Å². The molecule has 4 nitrogen and oxygen atoms in total. The monoisotopic (exact) mass is 842 g/mol. The van der Waals surface area contributed by atoms with E-state index >= 15 is 0 Å². The molecule has 0 atom stereocenters. The molecule has 66 heavy (non-hydrogen) atoms. The number of nitrogens with zero attached hydrogens (tertiary/aromatic N) is 2. The number of aryl methyl sites for hydroxylation is 3. The summed E-state index contributed by atoms with van der Waals surface area (Å²) in [5.41, 5.74) is 18.1. The zero-order valence-corrected chi connectivity index (χ0v) is 36.6. The van der Waals surface area contributed by atoms with Crippen LogP contribution in [0, 0.1) is 20.8 Å². The van der Waals surface area contributed by atoms with Gasteiger partial charge in [-0.25, -0.2) is 0 Å². The maximum atomic E-state index is 6.92. The second kappa shape index (κ2) is 12.9. The maximum Gasteiger partial charge on any atom is 0.248 e. The minimum Gasteiger partial charge on any atom is -0.456 e. The van der Waals surface area contributed by atoms with E-state index in [1.165, 1.54) is 81.9 Å². The molecule has 0 saturated carbocycles. The molecule has 0 unspecified atom stereocenters. The van der Waals surface area contributed by atoms with Crippen molar-refractivity contribution in [1.82, 2.24) is 0 Å². The Morgan fingerprint density at radius 1 is 0.348 bits per heavy atom. The molecule has 0 N–H and O–H groups in total. The topological polar surface area (TPSA) is 32.8 Å². The van der Waals surface area contributed by atoms with E-state index in [1.807, 2.05) is 0 Å². The summed E-state index contributed by atoms with van der Waals surface area (Å²) in [6.07, 6.45) is 0. The third-order valence-electron chi connectivity index (χ3n) is 14.8. The molecule has 0 bridgehead atoms. The third-order valence-corrected chi connectivity index (χ3v) is 14.8. The summed E-state index contributed by atoms with van der Waals surface area (Å²) < 4.78 is 13.7. The summed E-state index contributed by atoms with van der Waals surface area (Å²) in [6.45, 7) is 6.74. The van der Waals surface area contributed by atoms with Crippen LogP contribution in [-0.2, 0) is 0 Å². The second-order valence-electron chi connectivity index (χ2n) is 18.7.